The van der Waals surface area contributed by atoms with Crippen LogP contribution in [0.4, 0.5) is 5.69 Å². The maximum Gasteiger partial charge on any atom is 0.265 e. The van der Waals surface area contributed by atoms with Crippen LogP contribution in [0.3, 0.4) is 0 Å². The average Bonchev–Trinajstić information content (AvgIpc) is 2.51. The normalized spacial score (nSPS) is 13.2. The van der Waals surface area contributed by atoms with E-state index in [2.05, 4.69) is 10.5 Å². The van der Waals surface area contributed by atoms with Crippen molar-refractivity contribution in [1.82, 2.24) is 5.43 Å². The molecule has 0 aliphatic carbocycles. The first-order valence-corrected chi connectivity index (χ1v) is 7.02. The number of ether oxygens (including phenoxy) is 1. The highest BCUT2D eigenvalue weighted by molar-refractivity contribution is 6.02. The number of nitrogens with zero attached hydrogens (tertiary/aromatic N) is 2. The predicted molar refractivity (Wildman–Crippen MR) is 80.4 cm³/mol. The van der Waals surface area contributed by atoms with Gasteiger partial charge in [0.05, 0.1) is 5.69 Å². The van der Waals surface area contributed by atoms with E-state index < -0.39 is 0 Å². The number of anilines is 1. The van der Waals surface area contributed by atoms with Gasteiger partial charge in [0.1, 0.15) is 12.3 Å². The summed E-state index contributed by atoms with van der Waals surface area (Å²) in [5.74, 6) is 0.0506. The summed E-state index contributed by atoms with van der Waals surface area (Å²) in [5.41, 5.74) is 4.02. The second-order valence-electron chi connectivity index (χ2n) is 4.66. The molecule has 0 saturated heterocycles. The molecule has 1 aromatic rings. The van der Waals surface area contributed by atoms with E-state index in [1.165, 1.54) is 4.90 Å². The zero-order valence-electron chi connectivity index (χ0n) is 12.3. The van der Waals surface area contributed by atoms with Crippen LogP contribution < -0.4 is 15.1 Å². The molecule has 6 nitrogen and oxygen atoms in total. The van der Waals surface area contributed by atoms with E-state index >= 15 is 0 Å². The third kappa shape index (κ3) is 3.59. The van der Waals surface area contributed by atoms with Crippen LogP contribution in [0.1, 0.15) is 26.7 Å². The number of rotatable bonds is 5. The maximum atomic E-state index is 12.0. The molecule has 0 radical (unpaired) electrons. The Kier molecular flexibility index (Phi) is 4.92. The van der Waals surface area contributed by atoms with Crippen molar-refractivity contribution >= 4 is 23.2 Å². The van der Waals surface area contributed by atoms with Crippen LogP contribution in [0.2, 0.25) is 0 Å². The number of carbonyl (C=O) groups excluding carboxylic acids is 2. The fraction of sp³-hybridized carbons (Fsp3) is 0.400. The summed E-state index contributed by atoms with van der Waals surface area (Å²) in [7, 11) is 0. The Morgan fingerprint density at radius 2 is 2.05 bits per heavy atom. The molecule has 1 heterocycles. The topological polar surface area (TPSA) is 71.0 Å². The molecule has 1 aromatic carbocycles. The summed E-state index contributed by atoms with van der Waals surface area (Å²) in [6.45, 7) is 3.85. The Labute approximate surface area is 123 Å². The highest BCUT2D eigenvalue weighted by Gasteiger charge is 2.26. The van der Waals surface area contributed by atoms with Gasteiger partial charge in [0.15, 0.2) is 6.61 Å². The zero-order chi connectivity index (χ0) is 15.2. The molecule has 2 amide bonds. The van der Waals surface area contributed by atoms with Crippen LogP contribution in [0.15, 0.2) is 29.4 Å². The van der Waals surface area contributed by atoms with E-state index in [1.54, 1.807) is 18.2 Å². The smallest absolute Gasteiger partial charge is 0.265 e. The van der Waals surface area contributed by atoms with E-state index in [-0.39, 0.29) is 25.0 Å². The number of benzene rings is 1. The predicted octanol–water partition coefficient (Wildman–Crippen LogP) is 1.70. The first-order chi connectivity index (χ1) is 10.2. The summed E-state index contributed by atoms with van der Waals surface area (Å²) in [4.78, 5) is 25.3. The van der Waals surface area contributed by atoms with Crippen LogP contribution in [-0.4, -0.2) is 30.7 Å². The zero-order valence-corrected chi connectivity index (χ0v) is 12.3. The third-order valence-electron chi connectivity index (χ3n) is 3.26. The third-order valence-corrected chi connectivity index (χ3v) is 3.26. The average molecular weight is 289 g/mol. The minimum absolute atomic E-state index is 0.0528. The van der Waals surface area contributed by atoms with Gasteiger partial charge in [-0.05, 0) is 25.0 Å². The van der Waals surface area contributed by atoms with Gasteiger partial charge in [-0.1, -0.05) is 26.0 Å². The van der Waals surface area contributed by atoms with Crippen molar-refractivity contribution in [1.29, 1.82) is 0 Å². The summed E-state index contributed by atoms with van der Waals surface area (Å²) < 4.78 is 5.33. The lowest BCUT2D eigenvalue weighted by atomic mass is 10.2. The number of carbonyl (C=O) groups is 2. The first-order valence-electron chi connectivity index (χ1n) is 7.02. The van der Waals surface area contributed by atoms with E-state index in [0.29, 0.717) is 11.4 Å². The molecule has 0 bridgehead atoms. The van der Waals surface area contributed by atoms with Crippen LogP contribution in [0, 0.1) is 0 Å². The Morgan fingerprint density at radius 1 is 1.33 bits per heavy atom. The highest BCUT2D eigenvalue weighted by atomic mass is 16.5. The van der Waals surface area contributed by atoms with E-state index in [9.17, 15) is 9.59 Å². The van der Waals surface area contributed by atoms with Crippen molar-refractivity contribution in [3.05, 3.63) is 24.3 Å². The van der Waals surface area contributed by atoms with E-state index in [1.807, 2.05) is 19.9 Å². The SMILES string of the molecule is CCC(CC)=NNC(=O)CN1C(=O)COc2ccccc21. The molecular weight excluding hydrogens is 270 g/mol. The number of fused-ring (bicyclic) bond motifs is 1. The summed E-state index contributed by atoms with van der Waals surface area (Å²) in [5, 5.41) is 4.06. The van der Waals surface area contributed by atoms with E-state index in [4.69, 9.17) is 4.74 Å². The lowest BCUT2D eigenvalue weighted by Crippen LogP contribution is -2.44. The summed E-state index contributed by atoms with van der Waals surface area (Å²) in [6.07, 6.45) is 1.58. The summed E-state index contributed by atoms with van der Waals surface area (Å²) in [6, 6.07) is 7.16. The molecule has 112 valence electrons. The van der Waals surface area contributed by atoms with Crippen molar-refractivity contribution in [2.24, 2.45) is 5.10 Å². The van der Waals surface area contributed by atoms with Crippen LogP contribution >= 0.6 is 0 Å². The van der Waals surface area contributed by atoms with Gasteiger partial charge in [-0.3, -0.25) is 14.5 Å². The number of hydrogen-bond donors (Lipinski definition) is 1. The van der Waals surface area contributed by atoms with Crippen LogP contribution in [0.25, 0.3) is 0 Å². The van der Waals surface area contributed by atoms with Crippen LogP contribution in [0.5, 0.6) is 5.75 Å². The van der Waals surface area contributed by atoms with Gasteiger partial charge in [0.2, 0.25) is 0 Å². The van der Waals surface area contributed by atoms with Crippen molar-refractivity contribution in [3.8, 4) is 5.75 Å². The molecule has 1 N–H and O–H groups in total. The lowest BCUT2D eigenvalue weighted by molar-refractivity contribution is -0.125. The van der Waals surface area contributed by atoms with Crippen LogP contribution in [-0.2, 0) is 9.59 Å². The van der Waals surface area contributed by atoms with Crippen molar-refractivity contribution in [2.45, 2.75) is 26.7 Å². The molecule has 0 saturated carbocycles. The monoisotopic (exact) mass is 289 g/mol. The van der Waals surface area contributed by atoms with Crippen molar-refractivity contribution in [2.75, 3.05) is 18.1 Å². The number of amides is 2. The molecule has 6 heteroatoms. The Hall–Kier alpha value is -2.37. The molecular formula is C15H19N3O3. The molecule has 0 aromatic heterocycles. The van der Waals surface area contributed by atoms with Gasteiger partial charge in [-0.15, -0.1) is 0 Å². The quantitative estimate of drug-likeness (QED) is 0.662. The standard InChI is InChI=1S/C15H19N3O3/c1-3-11(4-2)16-17-14(19)9-18-12-7-5-6-8-13(12)21-10-15(18)20/h5-8H,3-4,9-10H2,1-2H3,(H,17,19). The van der Waals surface area contributed by atoms with Gasteiger partial charge in [0.25, 0.3) is 11.8 Å². The Morgan fingerprint density at radius 3 is 2.76 bits per heavy atom. The second kappa shape index (κ2) is 6.88. The van der Waals surface area contributed by atoms with Gasteiger partial charge in [-0.2, -0.15) is 5.10 Å². The molecule has 0 atom stereocenters. The molecule has 0 unspecified atom stereocenters. The number of para-hydroxylation sites is 2. The maximum absolute atomic E-state index is 12.0. The van der Waals surface area contributed by atoms with Gasteiger partial charge >= 0.3 is 0 Å². The number of hydrogen-bond acceptors (Lipinski definition) is 4. The largest absolute Gasteiger partial charge is 0.482 e. The second-order valence-corrected chi connectivity index (χ2v) is 4.66. The number of hydrazone groups is 1. The number of nitrogens with one attached hydrogen (secondary N) is 1. The first kappa shape index (κ1) is 15.0. The Balaban J connectivity index is 2.07. The highest BCUT2D eigenvalue weighted by Crippen LogP contribution is 2.30. The van der Waals surface area contributed by atoms with E-state index in [0.717, 1.165) is 18.6 Å². The van der Waals surface area contributed by atoms with Crippen molar-refractivity contribution < 1.29 is 14.3 Å². The fourth-order valence-corrected chi connectivity index (χ4v) is 2.06. The van der Waals surface area contributed by atoms with Crippen molar-refractivity contribution in [3.63, 3.8) is 0 Å². The van der Waals surface area contributed by atoms with Gasteiger partial charge < -0.3 is 4.74 Å². The fourth-order valence-electron chi connectivity index (χ4n) is 2.06. The lowest BCUT2D eigenvalue weighted by Gasteiger charge is -2.28. The Bertz CT molecular complexity index is 563. The molecule has 0 fully saturated rings. The molecule has 1 aliphatic heterocycles. The molecule has 2 rings (SSSR count). The minimum atomic E-state index is -0.320. The molecule has 21 heavy (non-hydrogen) atoms. The van der Waals surface area contributed by atoms with Gasteiger partial charge in [0, 0.05) is 5.71 Å². The molecule has 0 spiro atoms. The minimum Gasteiger partial charge on any atom is -0.482 e. The molecule has 1 aliphatic rings. The summed E-state index contributed by atoms with van der Waals surface area (Å²) >= 11 is 0. The van der Waals surface area contributed by atoms with Gasteiger partial charge in [-0.25, -0.2) is 5.43 Å².